The Labute approximate surface area is 134 Å². The van der Waals surface area contributed by atoms with Crippen LogP contribution in [0.25, 0.3) is 0 Å². The molecule has 0 radical (unpaired) electrons. The van der Waals surface area contributed by atoms with E-state index in [4.69, 9.17) is 11.6 Å². The highest BCUT2D eigenvalue weighted by atomic mass is 127. The first kappa shape index (κ1) is 15.0. The van der Waals surface area contributed by atoms with Crippen LogP contribution >= 0.6 is 34.2 Å². The molecule has 0 aliphatic heterocycles. The first-order chi connectivity index (χ1) is 9.47. The maximum atomic E-state index is 11.9. The highest BCUT2D eigenvalue weighted by Gasteiger charge is 2.10. The number of aromatic nitrogens is 2. The minimum Gasteiger partial charge on any atom is -0.325 e. The smallest absolute Gasteiger partial charge is 0.267 e. The minimum absolute atomic E-state index is 0.0723. The topological polar surface area (TPSA) is 64.0 Å². The van der Waals surface area contributed by atoms with Crippen LogP contribution in [-0.2, 0) is 11.3 Å². The summed E-state index contributed by atoms with van der Waals surface area (Å²) in [7, 11) is 0. The van der Waals surface area contributed by atoms with Gasteiger partial charge in [-0.1, -0.05) is 11.6 Å². The van der Waals surface area contributed by atoms with E-state index in [0.29, 0.717) is 20.1 Å². The Kier molecular flexibility index (Phi) is 4.77. The normalized spacial score (nSPS) is 10.3. The van der Waals surface area contributed by atoms with Crippen molar-refractivity contribution < 1.29 is 4.79 Å². The number of aryl methyl sites for hydroxylation is 1. The number of carbonyl (C=O) groups excluding carboxylic acids is 1. The third-order valence-electron chi connectivity index (χ3n) is 2.63. The Bertz CT molecular complexity index is 698. The van der Waals surface area contributed by atoms with Gasteiger partial charge in [0.2, 0.25) is 5.91 Å². The summed E-state index contributed by atoms with van der Waals surface area (Å²) >= 11 is 7.67. The molecule has 5 nitrogen and oxygen atoms in total. The first-order valence-electron chi connectivity index (χ1n) is 5.75. The van der Waals surface area contributed by atoms with Crippen LogP contribution in [0.15, 0.2) is 35.3 Å². The maximum Gasteiger partial charge on any atom is 0.267 e. The van der Waals surface area contributed by atoms with Gasteiger partial charge in [0.15, 0.2) is 0 Å². The number of hydrogen-bond donors (Lipinski definition) is 1. The number of nitrogens with one attached hydrogen (secondary N) is 1. The molecule has 2 rings (SSSR count). The van der Waals surface area contributed by atoms with E-state index in [1.165, 1.54) is 10.8 Å². The van der Waals surface area contributed by atoms with E-state index in [0.717, 1.165) is 0 Å². The Morgan fingerprint density at radius 2 is 2.05 bits per heavy atom. The second-order valence-corrected chi connectivity index (χ2v) is 5.70. The van der Waals surface area contributed by atoms with E-state index in [9.17, 15) is 9.59 Å². The lowest BCUT2D eigenvalue weighted by atomic mass is 10.3. The molecule has 0 unspecified atom stereocenters. The quantitative estimate of drug-likeness (QED) is 0.801. The Morgan fingerprint density at radius 1 is 1.40 bits per heavy atom. The summed E-state index contributed by atoms with van der Waals surface area (Å²) in [5.74, 6) is 0.211. The Morgan fingerprint density at radius 3 is 2.70 bits per heavy atom. The standard InChI is InChI=1S/C13H11ClIN3O2/c1-8-16-6-11(15)13(20)18(8)7-12(19)17-10-4-2-9(14)3-5-10/h2-6H,7H2,1H3,(H,17,19). The summed E-state index contributed by atoms with van der Waals surface area (Å²) in [6, 6.07) is 6.76. The van der Waals surface area contributed by atoms with Crippen LogP contribution in [-0.4, -0.2) is 15.5 Å². The van der Waals surface area contributed by atoms with Crippen molar-refractivity contribution >= 4 is 45.8 Å². The van der Waals surface area contributed by atoms with Gasteiger partial charge in [-0.25, -0.2) is 4.98 Å². The lowest BCUT2D eigenvalue weighted by molar-refractivity contribution is -0.116. The average Bonchev–Trinajstić information content (AvgIpc) is 2.42. The molecular formula is C13H11ClIN3O2. The molecule has 0 aliphatic carbocycles. The zero-order chi connectivity index (χ0) is 14.7. The summed E-state index contributed by atoms with van der Waals surface area (Å²) < 4.78 is 1.82. The van der Waals surface area contributed by atoms with E-state index >= 15 is 0 Å². The summed E-state index contributed by atoms with van der Waals surface area (Å²) in [6.45, 7) is 1.62. The first-order valence-corrected chi connectivity index (χ1v) is 7.20. The lowest BCUT2D eigenvalue weighted by Gasteiger charge is -2.10. The molecule has 7 heteroatoms. The average molecular weight is 404 g/mol. The number of halogens is 2. The largest absolute Gasteiger partial charge is 0.325 e. The zero-order valence-electron chi connectivity index (χ0n) is 10.6. The molecular weight excluding hydrogens is 393 g/mol. The molecule has 1 N–H and O–H groups in total. The van der Waals surface area contributed by atoms with Gasteiger partial charge in [-0.15, -0.1) is 0 Å². The van der Waals surface area contributed by atoms with Crippen molar-refractivity contribution in [2.24, 2.45) is 0 Å². The van der Waals surface area contributed by atoms with Crippen LogP contribution in [0.4, 0.5) is 5.69 Å². The molecule has 0 fully saturated rings. The van der Waals surface area contributed by atoms with Crippen molar-refractivity contribution in [1.82, 2.24) is 9.55 Å². The van der Waals surface area contributed by atoms with E-state index in [1.807, 2.05) is 22.6 Å². The van der Waals surface area contributed by atoms with Gasteiger partial charge in [0.1, 0.15) is 12.4 Å². The molecule has 2 aromatic rings. The molecule has 20 heavy (non-hydrogen) atoms. The molecule has 1 aromatic carbocycles. The third kappa shape index (κ3) is 3.57. The molecule has 1 amide bonds. The van der Waals surface area contributed by atoms with E-state index in [-0.39, 0.29) is 18.0 Å². The van der Waals surface area contributed by atoms with Crippen LogP contribution in [0.5, 0.6) is 0 Å². The van der Waals surface area contributed by atoms with Crippen molar-refractivity contribution in [3.8, 4) is 0 Å². The summed E-state index contributed by atoms with van der Waals surface area (Å²) in [4.78, 5) is 28.0. The molecule has 0 atom stereocenters. The number of anilines is 1. The van der Waals surface area contributed by atoms with Gasteiger partial charge >= 0.3 is 0 Å². The van der Waals surface area contributed by atoms with Gasteiger partial charge in [0.25, 0.3) is 5.56 Å². The highest BCUT2D eigenvalue weighted by molar-refractivity contribution is 14.1. The number of benzene rings is 1. The van der Waals surface area contributed by atoms with Crippen molar-refractivity contribution in [2.45, 2.75) is 13.5 Å². The molecule has 0 spiro atoms. The second-order valence-electron chi connectivity index (χ2n) is 4.10. The predicted molar refractivity (Wildman–Crippen MR) is 86.0 cm³/mol. The zero-order valence-corrected chi connectivity index (χ0v) is 13.5. The maximum absolute atomic E-state index is 11.9. The molecule has 0 bridgehead atoms. The van der Waals surface area contributed by atoms with Gasteiger partial charge in [0.05, 0.1) is 3.57 Å². The molecule has 0 aliphatic rings. The van der Waals surface area contributed by atoms with E-state index in [2.05, 4.69) is 10.3 Å². The van der Waals surface area contributed by atoms with Crippen molar-refractivity contribution in [3.63, 3.8) is 0 Å². The van der Waals surface area contributed by atoms with Gasteiger partial charge in [-0.3, -0.25) is 14.2 Å². The Hall–Kier alpha value is -1.41. The number of amides is 1. The molecule has 0 saturated heterocycles. The van der Waals surface area contributed by atoms with E-state index in [1.54, 1.807) is 31.2 Å². The summed E-state index contributed by atoms with van der Waals surface area (Å²) in [6.07, 6.45) is 1.49. The Balaban J connectivity index is 2.15. The van der Waals surface area contributed by atoms with Crippen molar-refractivity contribution in [3.05, 3.63) is 55.2 Å². The SMILES string of the molecule is Cc1ncc(I)c(=O)n1CC(=O)Nc1ccc(Cl)cc1. The molecule has 1 aromatic heterocycles. The van der Waals surface area contributed by atoms with Crippen LogP contribution in [0.1, 0.15) is 5.82 Å². The molecule has 1 heterocycles. The van der Waals surface area contributed by atoms with Crippen LogP contribution in [0.2, 0.25) is 5.02 Å². The van der Waals surface area contributed by atoms with Crippen molar-refractivity contribution in [2.75, 3.05) is 5.32 Å². The van der Waals surface area contributed by atoms with Crippen molar-refractivity contribution in [1.29, 1.82) is 0 Å². The van der Waals surface area contributed by atoms with E-state index < -0.39 is 0 Å². The highest BCUT2D eigenvalue weighted by Crippen LogP contribution is 2.13. The fourth-order valence-corrected chi connectivity index (χ4v) is 2.17. The van der Waals surface area contributed by atoms with Gasteiger partial charge in [0, 0.05) is 16.9 Å². The summed E-state index contributed by atoms with van der Waals surface area (Å²) in [5, 5.41) is 3.30. The second kappa shape index (κ2) is 6.36. The van der Waals surface area contributed by atoms with Gasteiger partial charge in [-0.05, 0) is 53.8 Å². The minimum atomic E-state index is -0.290. The fourth-order valence-electron chi connectivity index (χ4n) is 1.61. The fraction of sp³-hybridized carbons (Fsp3) is 0.154. The van der Waals surface area contributed by atoms with Gasteiger partial charge < -0.3 is 5.32 Å². The van der Waals surface area contributed by atoms with Crippen LogP contribution in [0, 0.1) is 10.5 Å². The molecule has 0 saturated carbocycles. The van der Waals surface area contributed by atoms with Gasteiger partial charge in [-0.2, -0.15) is 0 Å². The predicted octanol–water partition coefficient (Wildman–Crippen LogP) is 2.45. The number of nitrogens with zero attached hydrogens (tertiary/aromatic N) is 2. The van der Waals surface area contributed by atoms with Crippen LogP contribution in [0.3, 0.4) is 0 Å². The summed E-state index contributed by atoms with van der Waals surface area (Å²) in [5.41, 5.74) is 0.410. The third-order valence-corrected chi connectivity index (χ3v) is 3.63. The number of hydrogen-bond acceptors (Lipinski definition) is 3. The number of rotatable bonds is 3. The molecule has 104 valence electrons. The van der Waals surface area contributed by atoms with Crippen LogP contribution < -0.4 is 10.9 Å². The number of carbonyl (C=O) groups is 1. The monoisotopic (exact) mass is 403 g/mol. The lowest BCUT2D eigenvalue weighted by Crippen LogP contribution is -2.31.